The maximum Gasteiger partial charge on any atom is 0.420 e. The van der Waals surface area contributed by atoms with Gasteiger partial charge in [0.1, 0.15) is 5.60 Å². The van der Waals surface area contributed by atoms with Crippen molar-refractivity contribution in [1.82, 2.24) is 4.90 Å². The van der Waals surface area contributed by atoms with Gasteiger partial charge in [-0.15, -0.1) is 0 Å². The zero-order valence-corrected chi connectivity index (χ0v) is 11.1. The zero-order valence-electron chi connectivity index (χ0n) is 11.1. The van der Waals surface area contributed by atoms with Crippen LogP contribution >= 0.6 is 0 Å². The Balaban J connectivity index is 4.93. The van der Waals surface area contributed by atoms with Gasteiger partial charge in [-0.2, -0.15) is 0 Å². The van der Waals surface area contributed by atoms with Gasteiger partial charge >= 0.3 is 12.2 Å². The van der Waals surface area contributed by atoms with E-state index in [4.69, 9.17) is 4.74 Å². The fraction of sp³-hybridized carbons (Fsp3) is 0.818. The average Bonchev–Trinajstić information content (AvgIpc) is 1.97. The second kappa shape index (κ2) is 4.72. The summed E-state index contributed by atoms with van der Waals surface area (Å²) in [5, 5.41) is 0. The molecule has 0 spiro atoms. The Kier molecular flexibility index (Phi) is 4.35. The van der Waals surface area contributed by atoms with E-state index < -0.39 is 23.3 Å². The van der Waals surface area contributed by atoms with Crippen LogP contribution in [-0.2, 0) is 9.47 Å². The smallest absolute Gasteiger partial charge is 0.420 e. The summed E-state index contributed by atoms with van der Waals surface area (Å²) in [6.07, 6.45) is -1.42. The largest absolute Gasteiger partial charge is 0.452 e. The van der Waals surface area contributed by atoms with Gasteiger partial charge in [-0.1, -0.05) is 0 Å². The predicted molar refractivity (Wildman–Crippen MR) is 60.2 cm³/mol. The van der Waals surface area contributed by atoms with E-state index in [1.165, 1.54) is 7.11 Å². The third-order valence-electron chi connectivity index (χ3n) is 1.60. The van der Waals surface area contributed by atoms with Gasteiger partial charge in [-0.25, -0.2) is 14.5 Å². The van der Waals surface area contributed by atoms with Crippen molar-refractivity contribution in [3.8, 4) is 0 Å². The minimum absolute atomic E-state index is 0.644. The summed E-state index contributed by atoms with van der Waals surface area (Å²) in [4.78, 5) is 24.3. The molecule has 0 saturated carbocycles. The molecule has 5 nitrogen and oxygen atoms in total. The van der Waals surface area contributed by atoms with E-state index in [-0.39, 0.29) is 0 Å². The van der Waals surface area contributed by atoms with Crippen molar-refractivity contribution >= 4 is 12.2 Å². The van der Waals surface area contributed by atoms with E-state index in [1.807, 2.05) is 0 Å². The SMILES string of the molecule is COC(=O)N(C(=O)OC(C)(C)C)C(C)(C)C. The molecular formula is C11H21NO4. The van der Waals surface area contributed by atoms with Crippen molar-refractivity contribution in [2.75, 3.05) is 7.11 Å². The number of ether oxygens (including phenoxy) is 2. The Bertz CT molecular complexity index is 273. The second-order valence-corrected chi connectivity index (χ2v) is 5.46. The number of rotatable bonds is 0. The molecule has 0 rings (SSSR count). The molecule has 0 saturated heterocycles. The number of hydrogen-bond acceptors (Lipinski definition) is 4. The van der Waals surface area contributed by atoms with Crippen LogP contribution < -0.4 is 0 Å². The molecule has 0 aromatic rings. The van der Waals surface area contributed by atoms with Crippen LogP contribution in [0.3, 0.4) is 0 Å². The molecule has 0 atom stereocenters. The second-order valence-electron chi connectivity index (χ2n) is 5.46. The third-order valence-corrected chi connectivity index (χ3v) is 1.60. The van der Waals surface area contributed by atoms with Crippen LogP contribution in [0.5, 0.6) is 0 Å². The normalized spacial score (nSPS) is 11.9. The highest BCUT2D eigenvalue weighted by Gasteiger charge is 2.36. The molecule has 0 aliphatic rings. The Morgan fingerprint density at radius 3 is 1.62 bits per heavy atom. The Morgan fingerprint density at radius 2 is 1.38 bits per heavy atom. The van der Waals surface area contributed by atoms with Gasteiger partial charge in [0.15, 0.2) is 0 Å². The van der Waals surface area contributed by atoms with Gasteiger partial charge in [0.05, 0.1) is 7.11 Å². The first kappa shape index (κ1) is 14.7. The van der Waals surface area contributed by atoms with Gasteiger partial charge < -0.3 is 9.47 Å². The fourth-order valence-electron chi connectivity index (χ4n) is 1.02. The van der Waals surface area contributed by atoms with E-state index in [9.17, 15) is 9.59 Å². The van der Waals surface area contributed by atoms with E-state index in [0.717, 1.165) is 4.90 Å². The highest BCUT2D eigenvalue weighted by atomic mass is 16.6. The van der Waals surface area contributed by atoms with Crippen LogP contribution in [0.15, 0.2) is 0 Å². The lowest BCUT2D eigenvalue weighted by Crippen LogP contribution is -2.51. The molecule has 2 amide bonds. The van der Waals surface area contributed by atoms with Crippen LogP contribution in [0.2, 0.25) is 0 Å². The molecule has 0 N–H and O–H groups in total. The molecule has 0 aliphatic heterocycles. The van der Waals surface area contributed by atoms with Gasteiger partial charge in [0, 0.05) is 5.54 Å². The summed E-state index contributed by atoms with van der Waals surface area (Å²) >= 11 is 0. The predicted octanol–water partition coefficient (Wildman–Crippen LogP) is 2.79. The van der Waals surface area contributed by atoms with Crippen molar-refractivity contribution in [1.29, 1.82) is 0 Å². The summed E-state index contributed by atoms with van der Waals surface area (Å²) in [6, 6.07) is 0. The van der Waals surface area contributed by atoms with E-state index >= 15 is 0 Å². The monoisotopic (exact) mass is 231 g/mol. The molecule has 0 aromatic heterocycles. The molecule has 0 unspecified atom stereocenters. The summed E-state index contributed by atoms with van der Waals surface area (Å²) < 4.78 is 9.70. The lowest BCUT2D eigenvalue weighted by atomic mass is 10.1. The van der Waals surface area contributed by atoms with Crippen molar-refractivity contribution < 1.29 is 19.1 Å². The van der Waals surface area contributed by atoms with Gasteiger partial charge in [0.25, 0.3) is 0 Å². The number of carbonyl (C=O) groups excluding carboxylic acids is 2. The third kappa shape index (κ3) is 4.51. The van der Waals surface area contributed by atoms with Crippen LogP contribution in [0.4, 0.5) is 9.59 Å². The number of methoxy groups -OCH3 is 1. The van der Waals surface area contributed by atoms with Crippen molar-refractivity contribution in [3.63, 3.8) is 0 Å². The number of nitrogens with zero attached hydrogens (tertiary/aromatic N) is 1. The number of carbonyl (C=O) groups is 2. The first-order valence-electron chi connectivity index (χ1n) is 5.10. The molecule has 0 aromatic carbocycles. The number of hydrogen-bond donors (Lipinski definition) is 0. The highest BCUT2D eigenvalue weighted by Crippen LogP contribution is 2.19. The van der Waals surface area contributed by atoms with Crippen molar-refractivity contribution in [2.45, 2.75) is 52.7 Å². The maximum absolute atomic E-state index is 11.8. The average molecular weight is 231 g/mol. The molecule has 94 valence electrons. The van der Waals surface area contributed by atoms with Crippen LogP contribution in [0, 0.1) is 0 Å². The van der Waals surface area contributed by atoms with E-state index in [1.54, 1.807) is 41.5 Å². The Labute approximate surface area is 96.7 Å². The molecule has 0 radical (unpaired) electrons. The van der Waals surface area contributed by atoms with E-state index in [2.05, 4.69) is 4.74 Å². The van der Waals surface area contributed by atoms with Crippen molar-refractivity contribution in [2.24, 2.45) is 0 Å². The van der Waals surface area contributed by atoms with E-state index in [0.29, 0.717) is 0 Å². The molecule has 0 aliphatic carbocycles. The van der Waals surface area contributed by atoms with Gasteiger partial charge in [-0.3, -0.25) is 0 Å². The summed E-state index contributed by atoms with van der Waals surface area (Å²) in [5.41, 5.74) is -1.33. The quantitative estimate of drug-likeness (QED) is 0.643. The lowest BCUT2D eigenvalue weighted by molar-refractivity contribution is 0.00764. The number of imide groups is 1. The van der Waals surface area contributed by atoms with Gasteiger partial charge in [-0.05, 0) is 41.5 Å². The van der Waals surface area contributed by atoms with Crippen molar-refractivity contribution in [3.05, 3.63) is 0 Å². The molecule has 5 heteroatoms. The minimum atomic E-state index is -0.721. The van der Waals surface area contributed by atoms with Crippen LogP contribution in [0.25, 0.3) is 0 Å². The lowest BCUT2D eigenvalue weighted by Gasteiger charge is -2.33. The Morgan fingerprint density at radius 1 is 0.938 bits per heavy atom. The fourth-order valence-corrected chi connectivity index (χ4v) is 1.02. The Hall–Kier alpha value is -1.26. The van der Waals surface area contributed by atoms with Gasteiger partial charge in [0.2, 0.25) is 0 Å². The first-order chi connectivity index (χ1) is 6.99. The maximum atomic E-state index is 11.8. The molecule has 0 fully saturated rings. The highest BCUT2D eigenvalue weighted by molar-refractivity contribution is 5.88. The molecule has 16 heavy (non-hydrogen) atoms. The summed E-state index contributed by atoms with van der Waals surface area (Å²) in [5.74, 6) is 0. The van der Waals surface area contributed by atoms with Crippen LogP contribution in [-0.4, -0.2) is 35.3 Å². The van der Waals surface area contributed by atoms with Crippen LogP contribution in [0.1, 0.15) is 41.5 Å². The summed E-state index contributed by atoms with van der Waals surface area (Å²) in [7, 11) is 1.23. The standard InChI is InChI=1S/C11H21NO4/c1-10(2,3)12(8(13)15-7)9(14)16-11(4,5)6/h1-7H3. The number of amides is 2. The summed E-state index contributed by atoms with van der Waals surface area (Å²) in [6.45, 7) is 10.4. The zero-order chi connectivity index (χ0) is 13.1. The first-order valence-corrected chi connectivity index (χ1v) is 5.10. The topological polar surface area (TPSA) is 55.8 Å². The molecule has 0 heterocycles. The molecular weight excluding hydrogens is 210 g/mol. The minimum Gasteiger partial charge on any atom is -0.452 e. The molecule has 0 bridgehead atoms.